The van der Waals surface area contributed by atoms with Crippen LogP contribution in [0.15, 0.2) is 54.6 Å². The van der Waals surface area contributed by atoms with Gasteiger partial charge in [0.15, 0.2) is 0 Å². The number of carbonyl (C=O) groups is 1. The van der Waals surface area contributed by atoms with Crippen LogP contribution in [0.5, 0.6) is 0 Å². The molecule has 3 rings (SSSR count). The highest BCUT2D eigenvalue weighted by atomic mass is 19.4. The van der Waals surface area contributed by atoms with E-state index in [-0.39, 0.29) is 5.56 Å². The van der Waals surface area contributed by atoms with Gasteiger partial charge in [0.25, 0.3) is 5.91 Å². The van der Waals surface area contributed by atoms with Crippen LogP contribution in [0.4, 0.5) is 36.3 Å². The summed E-state index contributed by atoms with van der Waals surface area (Å²) in [4.78, 5) is 20.9. The number of hydrogen-bond acceptors (Lipinski definition) is 5. The zero-order valence-electron chi connectivity index (χ0n) is 16.3. The molecule has 0 aliphatic heterocycles. The predicted molar refractivity (Wildman–Crippen MR) is 110 cm³/mol. The standard InChI is InChI=1S/C21H20F3N5O/c1-3-25-20-26-13(2)11-18(29-20)27-16-7-9-17(10-8-16)28-19(30)14-5-4-6-15(12-14)21(22,23)24/h4-12H,3H2,1-2H3,(H,28,30)(H2,25,26,27,29). The second-order valence-corrected chi connectivity index (χ2v) is 6.48. The van der Waals surface area contributed by atoms with Crippen molar-refractivity contribution in [1.82, 2.24) is 9.97 Å². The van der Waals surface area contributed by atoms with Gasteiger partial charge in [0.1, 0.15) is 5.82 Å². The van der Waals surface area contributed by atoms with Gasteiger partial charge >= 0.3 is 6.18 Å². The molecule has 0 fully saturated rings. The van der Waals surface area contributed by atoms with Crippen LogP contribution in [0.2, 0.25) is 0 Å². The molecule has 0 radical (unpaired) electrons. The van der Waals surface area contributed by atoms with Gasteiger partial charge in [-0.25, -0.2) is 4.98 Å². The number of aromatic nitrogens is 2. The zero-order valence-corrected chi connectivity index (χ0v) is 16.3. The fraction of sp³-hybridized carbons (Fsp3) is 0.190. The van der Waals surface area contributed by atoms with Gasteiger partial charge < -0.3 is 16.0 Å². The molecule has 0 aliphatic carbocycles. The minimum Gasteiger partial charge on any atom is -0.354 e. The van der Waals surface area contributed by atoms with Crippen molar-refractivity contribution >= 4 is 29.0 Å². The molecule has 0 saturated carbocycles. The van der Waals surface area contributed by atoms with E-state index in [1.807, 2.05) is 13.8 Å². The number of nitrogens with zero attached hydrogens (tertiary/aromatic N) is 2. The third-order valence-electron chi connectivity index (χ3n) is 4.06. The first-order valence-electron chi connectivity index (χ1n) is 9.20. The molecule has 0 bridgehead atoms. The van der Waals surface area contributed by atoms with Crippen molar-refractivity contribution in [2.75, 3.05) is 22.5 Å². The topological polar surface area (TPSA) is 78.9 Å². The van der Waals surface area contributed by atoms with Crippen LogP contribution >= 0.6 is 0 Å². The molecule has 0 unspecified atom stereocenters. The number of rotatable bonds is 6. The molecule has 0 saturated heterocycles. The number of nitrogens with one attached hydrogen (secondary N) is 3. The minimum absolute atomic E-state index is 0.0700. The van der Waals surface area contributed by atoms with Crippen molar-refractivity contribution in [3.8, 4) is 0 Å². The summed E-state index contributed by atoms with van der Waals surface area (Å²) < 4.78 is 38.5. The summed E-state index contributed by atoms with van der Waals surface area (Å²) in [6, 6.07) is 12.8. The first-order valence-corrected chi connectivity index (χ1v) is 9.20. The largest absolute Gasteiger partial charge is 0.416 e. The molecule has 1 aromatic heterocycles. The van der Waals surface area contributed by atoms with Crippen LogP contribution in [0.25, 0.3) is 0 Å². The van der Waals surface area contributed by atoms with Gasteiger partial charge in [-0.1, -0.05) is 6.07 Å². The highest BCUT2D eigenvalue weighted by Crippen LogP contribution is 2.29. The summed E-state index contributed by atoms with van der Waals surface area (Å²) in [5, 5.41) is 8.80. The van der Waals surface area contributed by atoms with E-state index >= 15 is 0 Å². The number of carbonyl (C=O) groups excluding carboxylic acids is 1. The van der Waals surface area contributed by atoms with Gasteiger partial charge in [0.2, 0.25) is 5.95 Å². The lowest BCUT2D eigenvalue weighted by Gasteiger charge is -2.11. The highest BCUT2D eigenvalue weighted by molar-refractivity contribution is 6.04. The van der Waals surface area contributed by atoms with E-state index in [9.17, 15) is 18.0 Å². The Kier molecular flexibility index (Phi) is 6.20. The van der Waals surface area contributed by atoms with Crippen LogP contribution in [0.1, 0.15) is 28.5 Å². The molecule has 3 aromatic rings. The maximum absolute atomic E-state index is 12.8. The highest BCUT2D eigenvalue weighted by Gasteiger charge is 2.30. The van der Waals surface area contributed by atoms with Gasteiger partial charge in [-0.2, -0.15) is 18.2 Å². The van der Waals surface area contributed by atoms with Crippen LogP contribution < -0.4 is 16.0 Å². The van der Waals surface area contributed by atoms with E-state index in [1.54, 1.807) is 30.3 Å². The Hall–Kier alpha value is -3.62. The molecule has 1 heterocycles. The van der Waals surface area contributed by atoms with Crippen LogP contribution in [0.3, 0.4) is 0 Å². The third kappa shape index (κ3) is 5.47. The molecule has 30 heavy (non-hydrogen) atoms. The first-order chi connectivity index (χ1) is 14.2. The Morgan fingerprint density at radius 3 is 2.37 bits per heavy atom. The summed E-state index contributed by atoms with van der Waals surface area (Å²) >= 11 is 0. The predicted octanol–water partition coefficient (Wildman–Crippen LogP) is 5.23. The van der Waals surface area contributed by atoms with E-state index in [1.165, 1.54) is 12.1 Å². The van der Waals surface area contributed by atoms with Gasteiger partial charge in [0, 0.05) is 35.2 Å². The Morgan fingerprint density at radius 1 is 1.00 bits per heavy atom. The number of hydrogen-bond donors (Lipinski definition) is 3. The molecule has 0 spiro atoms. The van der Waals surface area contributed by atoms with E-state index < -0.39 is 17.6 Å². The van der Waals surface area contributed by atoms with Gasteiger partial charge in [-0.05, 0) is 56.3 Å². The Bertz CT molecular complexity index is 1040. The molecular formula is C21H20F3N5O. The zero-order chi connectivity index (χ0) is 21.7. The smallest absolute Gasteiger partial charge is 0.354 e. The summed E-state index contributed by atoms with van der Waals surface area (Å²) in [5.41, 5.74) is 1.04. The molecule has 2 aromatic carbocycles. The second kappa shape index (κ2) is 8.81. The van der Waals surface area contributed by atoms with E-state index in [0.717, 1.165) is 23.5 Å². The molecule has 0 atom stereocenters. The number of alkyl halides is 3. The lowest BCUT2D eigenvalue weighted by molar-refractivity contribution is -0.137. The fourth-order valence-corrected chi connectivity index (χ4v) is 2.69. The molecule has 0 aliphatic rings. The van der Waals surface area contributed by atoms with Crippen molar-refractivity contribution in [3.05, 3.63) is 71.4 Å². The molecule has 156 valence electrons. The van der Waals surface area contributed by atoms with Crippen molar-refractivity contribution in [3.63, 3.8) is 0 Å². The fourth-order valence-electron chi connectivity index (χ4n) is 2.69. The van der Waals surface area contributed by atoms with Gasteiger partial charge in [-0.15, -0.1) is 0 Å². The Balaban J connectivity index is 1.68. The Morgan fingerprint density at radius 2 is 1.70 bits per heavy atom. The number of benzene rings is 2. The first kappa shape index (κ1) is 21.1. The number of aryl methyl sites for hydroxylation is 1. The van der Waals surface area contributed by atoms with Gasteiger partial charge in [0.05, 0.1) is 5.56 Å². The van der Waals surface area contributed by atoms with E-state index in [2.05, 4.69) is 25.9 Å². The van der Waals surface area contributed by atoms with Gasteiger partial charge in [-0.3, -0.25) is 4.79 Å². The van der Waals surface area contributed by atoms with Crippen LogP contribution in [0, 0.1) is 6.92 Å². The number of anilines is 4. The molecule has 9 heteroatoms. The Labute approximate surface area is 171 Å². The maximum Gasteiger partial charge on any atom is 0.416 e. The average Bonchev–Trinajstić information content (AvgIpc) is 2.69. The van der Waals surface area contributed by atoms with E-state index in [0.29, 0.717) is 24.0 Å². The minimum atomic E-state index is -4.50. The molecular weight excluding hydrogens is 395 g/mol. The number of halogens is 3. The maximum atomic E-state index is 12.8. The lowest BCUT2D eigenvalue weighted by Crippen LogP contribution is -2.13. The van der Waals surface area contributed by atoms with Crippen molar-refractivity contribution in [1.29, 1.82) is 0 Å². The summed E-state index contributed by atoms with van der Waals surface area (Å²) in [6.45, 7) is 4.51. The number of amides is 1. The molecule has 6 nitrogen and oxygen atoms in total. The van der Waals surface area contributed by atoms with Crippen molar-refractivity contribution < 1.29 is 18.0 Å². The SMILES string of the molecule is CCNc1nc(C)cc(Nc2ccc(NC(=O)c3cccc(C(F)(F)F)c3)cc2)n1. The molecule has 3 N–H and O–H groups in total. The summed E-state index contributed by atoms with van der Waals surface area (Å²) in [5.74, 6) is 0.507. The molecule has 1 amide bonds. The van der Waals surface area contributed by atoms with Crippen LogP contribution in [-0.2, 0) is 6.18 Å². The third-order valence-corrected chi connectivity index (χ3v) is 4.06. The van der Waals surface area contributed by atoms with Crippen molar-refractivity contribution in [2.24, 2.45) is 0 Å². The van der Waals surface area contributed by atoms with Crippen LogP contribution in [-0.4, -0.2) is 22.4 Å². The lowest BCUT2D eigenvalue weighted by atomic mass is 10.1. The van der Waals surface area contributed by atoms with E-state index in [4.69, 9.17) is 0 Å². The van der Waals surface area contributed by atoms with Crippen molar-refractivity contribution in [2.45, 2.75) is 20.0 Å². The average molecular weight is 415 g/mol. The second-order valence-electron chi connectivity index (χ2n) is 6.48. The monoisotopic (exact) mass is 415 g/mol. The summed E-state index contributed by atoms with van der Waals surface area (Å²) in [6.07, 6.45) is -4.50. The quantitative estimate of drug-likeness (QED) is 0.514. The summed E-state index contributed by atoms with van der Waals surface area (Å²) in [7, 11) is 0. The normalized spacial score (nSPS) is 11.1.